The summed E-state index contributed by atoms with van der Waals surface area (Å²) < 4.78 is 69.2. The van der Waals surface area contributed by atoms with Gasteiger partial charge in [0.25, 0.3) is 5.56 Å². The van der Waals surface area contributed by atoms with Gasteiger partial charge in [0.2, 0.25) is 0 Å². The maximum absolute atomic E-state index is 13.8. The Morgan fingerprint density at radius 1 is 1.00 bits per heavy atom. The smallest absolute Gasteiger partial charge is 0.422 e. The number of hydrogen-bond donors (Lipinski definition) is 0. The van der Waals surface area contributed by atoms with Gasteiger partial charge in [-0.25, -0.2) is 23.4 Å². The lowest BCUT2D eigenvalue weighted by Gasteiger charge is -2.09. The van der Waals surface area contributed by atoms with Gasteiger partial charge < -0.3 is 4.74 Å². The zero-order valence-electron chi connectivity index (χ0n) is 14.0. The van der Waals surface area contributed by atoms with E-state index in [-0.39, 0.29) is 16.8 Å². The van der Waals surface area contributed by atoms with Gasteiger partial charge in [-0.2, -0.15) is 18.3 Å². The Kier molecular flexibility index (Phi) is 5.34. The molecule has 146 valence electrons. The molecule has 0 saturated carbocycles. The Bertz CT molecular complexity index is 1010. The Morgan fingerprint density at radius 2 is 1.64 bits per heavy atom. The predicted molar refractivity (Wildman–Crippen MR) is 86.5 cm³/mol. The van der Waals surface area contributed by atoms with Gasteiger partial charge in [-0.3, -0.25) is 4.79 Å². The molecule has 28 heavy (non-hydrogen) atoms. The standard InChI is InChI=1S/C17H11F5N4O2/c18-12-2-1-3-13(19)11(12)8-26-15(27)5-4-14(25-26)10-6-23-16(24-7-10)28-9-17(20,21)22/h1-7H,8-9H2. The number of ether oxygens (including phenoxy) is 1. The Morgan fingerprint density at radius 3 is 2.25 bits per heavy atom. The average molecular weight is 398 g/mol. The Balaban J connectivity index is 1.84. The Labute approximate surface area is 154 Å². The quantitative estimate of drug-likeness (QED) is 0.618. The van der Waals surface area contributed by atoms with Crippen LogP contribution in [0, 0.1) is 11.6 Å². The summed E-state index contributed by atoms with van der Waals surface area (Å²) in [6, 6.07) is 5.28. The van der Waals surface area contributed by atoms with Gasteiger partial charge in [-0.15, -0.1) is 0 Å². The largest absolute Gasteiger partial charge is 0.454 e. The first-order chi connectivity index (χ1) is 13.2. The van der Waals surface area contributed by atoms with E-state index in [1.165, 1.54) is 12.1 Å². The van der Waals surface area contributed by atoms with Crippen molar-refractivity contribution in [1.82, 2.24) is 19.7 Å². The van der Waals surface area contributed by atoms with E-state index in [1.54, 1.807) is 0 Å². The van der Waals surface area contributed by atoms with E-state index in [1.807, 2.05) is 0 Å². The molecule has 0 aliphatic rings. The van der Waals surface area contributed by atoms with Gasteiger partial charge in [-0.05, 0) is 18.2 Å². The maximum Gasteiger partial charge on any atom is 0.422 e. The van der Waals surface area contributed by atoms with Crippen molar-refractivity contribution in [3.05, 3.63) is 70.3 Å². The highest BCUT2D eigenvalue weighted by Crippen LogP contribution is 2.18. The highest BCUT2D eigenvalue weighted by atomic mass is 19.4. The van der Waals surface area contributed by atoms with Crippen LogP contribution in [0.5, 0.6) is 6.01 Å². The lowest BCUT2D eigenvalue weighted by molar-refractivity contribution is -0.154. The SMILES string of the molecule is O=c1ccc(-c2cnc(OCC(F)(F)F)nc2)nn1Cc1c(F)cccc1F. The number of alkyl halides is 3. The minimum atomic E-state index is -4.53. The van der Waals surface area contributed by atoms with Crippen LogP contribution in [0.3, 0.4) is 0 Å². The first kappa shape index (κ1) is 19.4. The van der Waals surface area contributed by atoms with Crippen molar-refractivity contribution < 1.29 is 26.7 Å². The Hall–Kier alpha value is -3.37. The molecular weight excluding hydrogens is 387 g/mol. The minimum Gasteiger partial charge on any atom is -0.454 e. The molecule has 6 nitrogen and oxygen atoms in total. The van der Waals surface area contributed by atoms with Gasteiger partial charge >= 0.3 is 12.2 Å². The average Bonchev–Trinajstić information content (AvgIpc) is 2.64. The highest BCUT2D eigenvalue weighted by Gasteiger charge is 2.28. The van der Waals surface area contributed by atoms with E-state index >= 15 is 0 Å². The van der Waals surface area contributed by atoms with E-state index in [2.05, 4.69) is 19.8 Å². The van der Waals surface area contributed by atoms with E-state index < -0.39 is 42.5 Å². The topological polar surface area (TPSA) is 69.9 Å². The second kappa shape index (κ2) is 7.71. The van der Waals surface area contributed by atoms with Gasteiger partial charge in [0.05, 0.1) is 12.2 Å². The molecule has 0 aliphatic carbocycles. The molecule has 11 heteroatoms. The summed E-state index contributed by atoms with van der Waals surface area (Å²) in [7, 11) is 0. The first-order valence-corrected chi connectivity index (χ1v) is 7.76. The van der Waals surface area contributed by atoms with Crippen LogP contribution in [-0.4, -0.2) is 32.5 Å². The zero-order valence-corrected chi connectivity index (χ0v) is 14.0. The van der Waals surface area contributed by atoms with Crippen molar-refractivity contribution in [2.75, 3.05) is 6.61 Å². The van der Waals surface area contributed by atoms with Crippen LogP contribution >= 0.6 is 0 Å². The zero-order chi connectivity index (χ0) is 20.3. The second-order valence-electron chi connectivity index (χ2n) is 5.57. The first-order valence-electron chi connectivity index (χ1n) is 7.76. The van der Waals surface area contributed by atoms with Gasteiger partial charge in [0.1, 0.15) is 11.6 Å². The molecule has 0 saturated heterocycles. The fraction of sp³-hybridized carbons (Fsp3) is 0.176. The number of aromatic nitrogens is 4. The summed E-state index contributed by atoms with van der Waals surface area (Å²) in [5.41, 5.74) is -0.486. The van der Waals surface area contributed by atoms with Crippen LogP contribution in [0.4, 0.5) is 22.0 Å². The lowest BCUT2D eigenvalue weighted by Crippen LogP contribution is -2.24. The number of benzene rings is 1. The third-order valence-corrected chi connectivity index (χ3v) is 3.53. The number of halogens is 5. The van der Waals surface area contributed by atoms with Crippen molar-refractivity contribution >= 4 is 0 Å². The summed E-state index contributed by atoms with van der Waals surface area (Å²) >= 11 is 0. The molecule has 0 aliphatic heterocycles. The van der Waals surface area contributed by atoms with Crippen molar-refractivity contribution in [2.45, 2.75) is 12.7 Å². The van der Waals surface area contributed by atoms with Crippen LogP contribution in [-0.2, 0) is 6.54 Å². The van der Waals surface area contributed by atoms with E-state index in [0.717, 1.165) is 35.3 Å². The number of hydrogen-bond acceptors (Lipinski definition) is 5. The van der Waals surface area contributed by atoms with Crippen molar-refractivity contribution in [1.29, 1.82) is 0 Å². The molecule has 0 spiro atoms. The van der Waals surface area contributed by atoms with Gasteiger partial charge in [0.15, 0.2) is 6.61 Å². The van der Waals surface area contributed by atoms with Crippen molar-refractivity contribution in [3.8, 4) is 17.3 Å². The summed E-state index contributed by atoms with van der Waals surface area (Å²) in [6.07, 6.45) is -2.22. The van der Waals surface area contributed by atoms with E-state index in [0.29, 0.717) is 0 Å². The molecule has 0 amide bonds. The molecule has 0 radical (unpaired) electrons. The van der Waals surface area contributed by atoms with E-state index in [9.17, 15) is 26.7 Å². The fourth-order valence-corrected chi connectivity index (χ4v) is 2.22. The molecule has 2 aromatic heterocycles. The lowest BCUT2D eigenvalue weighted by atomic mass is 10.2. The summed E-state index contributed by atoms with van der Waals surface area (Å²) in [5.74, 6) is -1.65. The maximum atomic E-state index is 13.8. The fourth-order valence-electron chi connectivity index (χ4n) is 2.22. The molecule has 0 fully saturated rings. The normalized spacial score (nSPS) is 11.5. The van der Waals surface area contributed by atoms with Gasteiger partial charge in [0, 0.05) is 29.6 Å². The summed E-state index contributed by atoms with van der Waals surface area (Å²) in [6.45, 7) is -1.98. The molecule has 0 unspecified atom stereocenters. The van der Waals surface area contributed by atoms with Crippen LogP contribution in [0.15, 0.2) is 47.5 Å². The number of rotatable bonds is 5. The summed E-state index contributed by atoms with van der Waals surface area (Å²) in [5, 5.41) is 4.00. The molecule has 0 N–H and O–H groups in total. The highest BCUT2D eigenvalue weighted by molar-refractivity contribution is 5.55. The molecule has 2 heterocycles. The van der Waals surface area contributed by atoms with Crippen LogP contribution < -0.4 is 10.3 Å². The van der Waals surface area contributed by atoms with E-state index in [4.69, 9.17) is 0 Å². The van der Waals surface area contributed by atoms with Gasteiger partial charge in [-0.1, -0.05) is 6.07 Å². The molecule has 0 bridgehead atoms. The third kappa shape index (κ3) is 4.67. The monoisotopic (exact) mass is 398 g/mol. The second-order valence-corrected chi connectivity index (χ2v) is 5.57. The molecule has 3 rings (SSSR count). The summed E-state index contributed by atoms with van der Waals surface area (Å²) in [4.78, 5) is 19.2. The van der Waals surface area contributed by atoms with Crippen molar-refractivity contribution in [2.24, 2.45) is 0 Å². The number of nitrogens with zero attached hydrogens (tertiary/aromatic N) is 4. The predicted octanol–water partition coefficient (Wildman–Crippen LogP) is 2.97. The molecule has 0 atom stereocenters. The minimum absolute atomic E-state index is 0.179. The molecular formula is C17H11F5N4O2. The van der Waals surface area contributed by atoms with Crippen LogP contribution in [0.25, 0.3) is 11.3 Å². The molecule has 3 aromatic rings. The molecule has 1 aromatic carbocycles. The van der Waals surface area contributed by atoms with Crippen molar-refractivity contribution in [3.63, 3.8) is 0 Å². The van der Waals surface area contributed by atoms with Crippen LogP contribution in [0.2, 0.25) is 0 Å². The van der Waals surface area contributed by atoms with Crippen LogP contribution in [0.1, 0.15) is 5.56 Å². The third-order valence-electron chi connectivity index (χ3n) is 3.53.